The van der Waals surface area contributed by atoms with Crippen LogP contribution in [0.15, 0.2) is 30.3 Å². The van der Waals surface area contributed by atoms with Gasteiger partial charge in [0, 0.05) is 27.0 Å². The van der Waals surface area contributed by atoms with E-state index in [9.17, 15) is 13.2 Å². The molecule has 0 fully saturated rings. The molecule has 1 heterocycles. The second kappa shape index (κ2) is 6.25. The van der Waals surface area contributed by atoms with Crippen molar-refractivity contribution < 1.29 is 13.2 Å². The Labute approximate surface area is 129 Å². The van der Waals surface area contributed by atoms with Crippen LogP contribution in [0.5, 0.6) is 0 Å². The summed E-state index contributed by atoms with van der Waals surface area (Å²) in [5.41, 5.74) is 5.23. The minimum absolute atomic E-state index is 0.0328. The fourth-order valence-electron chi connectivity index (χ4n) is 1.92. The Kier molecular flexibility index (Phi) is 4.81. The Morgan fingerprint density at radius 3 is 2.52 bits per heavy atom. The van der Waals surface area contributed by atoms with Crippen LogP contribution in [-0.2, 0) is 6.18 Å². The van der Waals surface area contributed by atoms with Gasteiger partial charge < -0.3 is 11.1 Å². The lowest BCUT2D eigenvalue weighted by Gasteiger charge is -2.18. The molecule has 21 heavy (non-hydrogen) atoms. The van der Waals surface area contributed by atoms with E-state index in [-0.39, 0.29) is 17.6 Å². The van der Waals surface area contributed by atoms with Gasteiger partial charge >= 0.3 is 6.18 Å². The molecule has 1 unspecified atom stereocenters. The molecule has 0 aliphatic carbocycles. The van der Waals surface area contributed by atoms with Crippen molar-refractivity contribution in [2.75, 3.05) is 11.9 Å². The minimum Gasteiger partial charge on any atom is -0.376 e. The summed E-state index contributed by atoms with van der Waals surface area (Å²) in [6.07, 6.45) is -4.43. The number of alkyl halides is 3. The number of thiophene rings is 1. The maximum atomic E-state index is 12.8. The summed E-state index contributed by atoms with van der Waals surface area (Å²) in [5, 5.41) is 3.05. The highest BCUT2D eigenvalue weighted by atomic mass is 35.5. The largest absolute Gasteiger partial charge is 0.416 e. The Balaban J connectivity index is 2.27. The van der Waals surface area contributed by atoms with Gasteiger partial charge in [-0.05, 0) is 37.3 Å². The molecule has 1 aromatic heterocycles. The summed E-state index contributed by atoms with van der Waals surface area (Å²) >= 11 is 7.32. The number of aryl methyl sites for hydroxylation is 1. The first kappa shape index (κ1) is 16.1. The van der Waals surface area contributed by atoms with Crippen LogP contribution in [0, 0.1) is 6.92 Å². The van der Waals surface area contributed by atoms with Gasteiger partial charge in [0.1, 0.15) is 0 Å². The molecule has 1 aromatic carbocycles. The van der Waals surface area contributed by atoms with Crippen molar-refractivity contribution in [3.05, 3.63) is 50.7 Å². The predicted molar refractivity (Wildman–Crippen MR) is 80.9 cm³/mol. The lowest BCUT2D eigenvalue weighted by Crippen LogP contribution is -2.20. The third-order valence-electron chi connectivity index (χ3n) is 2.91. The highest BCUT2D eigenvalue weighted by Gasteiger charge is 2.31. The number of anilines is 1. The minimum atomic E-state index is -4.43. The lowest BCUT2D eigenvalue weighted by atomic mass is 10.1. The van der Waals surface area contributed by atoms with Crippen molar-refractivity contribution in [3.8, 4) is 0 Å². The van der Waals surface area contributed by atoms with Gasteiger partial charge in [0.05, 0.1) is 11.6 Å². The molecule has 0 aliphatic heterocycles. The van der Waals surface area contributed by atoms with E-state index in [0.717, 1.165) is 21.9 Å². The molecule has 114 valence electrons. The third-order valence-corrected chi connectivity index (χ3v) is 4.24. The maximum absolute atomic E-state index is 12.8. The first-order valence-electron chi connectivity index (χ1n) is 6.20. The molecule has 0 amide bonds. The van der Waals surface area contributed by atoms with Crippen molar-refractivity contribution in [2.24, 2.45) is 5.73 Å². The maximum Gasteiger partial charge on any atom is 0.416 e. The molecule has 0 aliphatic rings. The average Bonchev–Trinajstić information content (AvgIpc) is 2.81. The standard InChI is InChI=1S/C14H14ClF3N2S/c1-8-2-3-13(21-8)12(7-19)20-11-5-9(14(16,17)18)4-10(15)6-11/h2-6,12,20H,7,19H2,1H3. The number of halogens is 4. The van der Waals surface area contributed by atoms with Crippen LogP contribution < -0.4 is 11.1 Å². The van der Waals surface area contributed by atoms with Crippen LogP contribution in [0.4, 0.5) is 18.9 Å². The van der Waals surface area contributed by atoms with E-state index in [1.807, 2.05) is 19.1 Å². The number of hydrogen-bond donors (Lipinski definition) is 2. The summed E-state index contributed by atoms with van der Waals surface area (Å²) in [4.78, 5) is 2.09. The summed E-state index contributed by atoms with van der Waals surface area (Å²) < 4.78 is 38.4. The van der Waals surface area contributed by atoms with Crippen LogP contribution in [0.2, 0.25) is 5.02 Å². The number of nitrogens with two attached hydrogens (primary N) is 1. The van der Waals surface area contributed by atoms with Gasteiger partial charge in [-0.1, -0.05) is 11.6 Å². The third kappa shape index (κ3) is 4.12. The topological polar surface area (TPSA) is 38.0 Å². The van der Waals surface area contributed by atoms with Crippen LogP contribution in [0.25, 0.3) is 0 Å². The van der Waals surface area contributed by atoms with Gasteiger partial charge in [-0.15, -0.1) is 11.3 Å². The van der Waals surface area contributed by atoms with Crippen molar-refractivity contribution in [1.82, 2.24) is 0 Å². The normalized spacial score (nSPS) is 13.2. The van der Waals surface area contributed by atoms with Crippen LogP contribution in [0.3, 0.4) is 0 Å². The first-order chi connectivity index (χ1) is 9.79. The molecule has 0 bridgehead atoms. The molecular weight excluding hydrogens is 321 g/mol. The molecule has 2 aromatic rings. The summed E-state index contributed by atoms with van der Waals surface area (Å²) in [6.45, 7) is 2.23. The zero-order valence-corrected chi connectivity index (χ0v) is 12.7. The van der Waals surface area contributed by atoms with Gasteiger partial charge in [0.2, 0.25) is 0 Å². The molecule has 0 saturated carbocycles. The quantitative estimate of drug-likeness (QED) is 0.839. The van der Waals surface area contributed by atoms with Gasteiger partial charge in [-0.25, -0.2) is 0 Å². The number of rotatable bonds is 4. The number of benzene rings is 1. The highest BCUT2D eigenvalue weighted by Crippen LogP contribution is 2.34. The molecule has 0 radical (unpaired) electrons. The number of hydrogen-bond acceptors (Lipinski definition) is 3. The fraction of sp³-hybridized carbons (Fsp3) is 0.286. The zero-order chi connectivity index (χ0) is 15.6. The van der Waals surface area contributed by atoms with Crippen molar-refractivity contribution in [1.29, 1.82) is 0 Å². The van der Waals surface area contributed by atoms with Gasteiger partial charge in [0.15, 0.2) is 0 Å². The Morgan fingerprint density at radius 2 is 2.00 bits per heavy atom. The van der Waals surface area contributed by atoms with E-state index in [4.69, 9.17) is 17.3 Å². The van der Waals surface area contributed by atoms with Gasteiger partial charge in [-0.3, -0.25) is 0 Å². The molecule has 0 spiro atoms. The SMILES string of the molecule is Cc1ccc(C(CN)Nc2cc(Cl)cc(C(F)(F)F)c2)s1. The van der Waals surface area contributed by atoms with E-state index in [1.165, 1.54) is 6.07 Å². The van der Waals surface area contributed by atoms with E-state index < -0.39 is 11.7 Å². The van der Waals surface area contributed by atoms with Crippen LogP contribution in [-0.4, -0.2) is 6.54 Å². The van der Waals surface area contributed by atoms with Gasteiger partial charge in [0.25, 0.3) is 0 Å². The highest BCUT2D eigenvalue weighted by molar-refractivity contribution is 7.12. The summed E-state index contributed by atoms with van der Waals surface area (Å²) in [7, 11) is 0. The molecule has 0 saturated heterocycles. The van der Waals surface area contributed by atoms with Crippen molar-refractivity contribution in [2.45, 2.75) is 19.1 Å². The molecule has 3 N–H and O–H groups in total. The van der Waals surface area contributed by atoms with E-state index in [0.29, 0.717) is 5.69 Å². The molecule has 1 atom stereocenters. The second-order valence-electron chi connectivity index (χ2n) is 4.61. The average molecular weight is 335 g/mol. The van der Waals surface area contributed by atoms with Gasteiger partial charge in [-0.2, -0.15) is 13.2 Å². The first-order valence-corrected chi connectivity index (χ1v) is 7.40. The fourth-order valence-corrected chi connectivity index (χ4v) is 3.10. The molecule has 2 nitrogen and oxygen atoms in total. The van der Waals surface area contributed by atoms with E-state index in [1.54, 1.807) is 11.3 Å². The Bertz CT molecular complexity index is 625. The van der Waals surface area contributed by atoms with Crippen LogP contribution >= 0.6 is 22.9 Å². The van der Waals surface area contributed by atoms with Crippen LogP contribution in [0.1, 0.15) is 21.4 Å². The molecule has 2 rings (SSSR count). The van der Waals surface area contributed by atoms with E-state index >= 15 is 0 Å². The predicted octanol–water partition coefficient (Wildman–Crippen LogP) is 4.84. The van der Waals surface area contributed by atoms with Crippen molar-refractivity contribution in [3.63, 3.8) is 0 Å². The summed E-state index contributed by atoms with van der Waals surface area (Å²) in [5.74, 6) is 0. The smallest absolute Gasteiger partial charge is 0.376 e. The number of nitrogens with one attached hydrogen (secondary N) is 1. The molecular formula is C14H14ClF3N2S. The summed E-state index contributed by atoms with van der Waals surface area (Å²) in [6, 6.07) is 7.01. The Hall–Kier alpha value is -1.24. The monoisotopic (exact) mass is 334 g/mol. The van der Waals surface area contributed by atoms with E-state index in [2.05, 4.69) is 5.32 Å². The second-order valence-corrected chi connectivity index (χ2v) is 6.36. The molecule has 7 heteroatoms. The zero-order valence-electron chi connectivity index (χ0n) is 11.2. The Morgan fingerprint density at radius 1 is 1.29 bits per heavy atom. The van der Waals surface area contributed by atoms with Crippen molar-refractivity contribution >= 4 is 28.6 Å². The lowest BCUT2D eigenvalue weighted by molar-refractivity contribution is -0.137.